The van der Waals surface area contributed by atoms with Crippen LogP contribution in [0.3, 0.4) is 0 Å². The molecule has 0 fully saturated rings. The lowest BCUT2D eigenvalue weighted by Gasteiger charge is -2.23. The minimum absolute atomic E-state index is 0.227. The van der Waals surface area contributed by atoms with Crippen molar-refractivity contribution in [2.45, 2.75) is 52.6 Å². The van der Waals surface area contributed by atoms with Gasteiger partial charge >= 0.3 is 0 Å². The standard InChI is InChI=1S/C24H29NO4/c1-15(2)19-8-6-17(4)13-22(19)29-11-10-25-21-9-7-16(3)12-20(21)24(28,23(25)27)14-18(5)26/h6-9,12-13,15,28H,10-11,14H2,1-5H3. The highest BCUT2D eigenvalue weighted by Gasteiger charge is 2.50. The normalized spacial score (nSPS) is 18.3. The molecule has 1 unspecified atom stereocenters. The molecule has 0 saturated heterocycles. The third-order valence-corrected chi connectivity index (χ3v) is 5.36. The van der Waals surface area contributed by atoms with Gasteiger partial charge in [-0.25, -0.2) is 0 Å². The summed E-state index contributed by atoms with van der Waals surface area (Å²) < 4.78 is 6.04. The summed E-state index contributed by atoms with van der Waals surface area (Å²) in [4.78, 5) is 26.3. The zero-order chi connectivity index (χ0) is 21.3. The topological polar surface area (TPSA) is 66.8 Å². The second kappa shape index (κ2) is 7.99. The van der Waals surface area contributed by atoms with E-state index >= 15 is 0 Å². The molecule has 1 amide bonds. The minimum Gasteiger partial charge on any atom is -0.491 e. The molecule has 0 radical (unpaired) electrons. The lowest BCUT2D eigenvalue weighted by Crippen LogP contribution is -2.43. The van der Waals surface area contributed by atoms with Gasteiger partial charge in [0, 0.05) is 12.0 Å². The molecule has 0 aliphatic carbocycles. The molecule has 0 spiro atoms. The molecular weight excluding hydrogens is 366 g/mol. The molecule has 1 aliphatic rings. The Morgan fingerprint density at radius 1 is 1.14 bits per heavy atom. The van der Waals surface area contributed by atoms with Gasteiger partial charge in [-0.1, -0.05) is 43.7 Å². The Labute approximate surface area is 172 Å². The number of aliphatic hydroxyl groups is 1. The van der Waals surface area contributed by atoms with E-state index in [4.69, 9.17) is 4.74 Å². The summed E-state index contributed by atoms with van der Waals surface area (Å²) in [5, 5.41) is 11.1. The number of hydrogen-bond donors (Lipinski definition) is 1. The zero-order valence-corrected chi connectivity index (χ0v) is 17.8. The van der Waals surface area contributed by atoms with Crippen LogP contribution >= 0.6 is 0 Å². The molecular formula is C24H29NO4. The van der Waals surface area contributed by atoms with Crippen molar-refractivity contribution in [1.82, 2.24) is 0 Å². The van der Waals surface area contributed by atoms with Crippen LogP contribution in [-0.4, -0.2) is 29.9 Å². The highest BCUT2D eigenvalue weighted by molar-refractivity contribution is 6.08. The Hall–Kier alpha value is -2.66. The number of nitrogens with zero attached hydrogens (tertiary/aromatic N) is 1. The van der Waals surface area contributed by atoms with E-state index < -0.39 is 11.5 Å². The monoisotopic (exact) mass is 395 g/mol. The predicted molar refractivity (Wildman–Crippen MR) is 113 cm³/mol. The number of carbonyl (C=O) groups excluding carboxylic acids is 2. The Morgan fingerprint density at radius 2 is 1.79 bits per heavy atom. The highest BCUT2D eigenvalue weighted by Crippen LogP contribution is 2.43. The summed E-state index contributed by atoms with van der Waals surface area (Å²) in [5.41, 5.74) is 2.49. The summed E-state index contributed by atoms with van der Waals surface area (Å²) in [6.45, 7) is 10.1. The van der Waals surface area contributed by atoms with Crippen LogP contribution in [0.25, 0.3) is 0 Å². The molecule has 154 valence electrons. The number of fused-ring (bicyclic) bond motifs is 1. The van der Waals surface area contributed by atoms with Gasteiger partial charge in [0.15, 0.2) is 5.60 Å². The van der Waals surface area contributed by atoms with E-state index in [1.807, 2.05) is 32.0 Å². The van der Waals surface area contributed by atoms with Crippen molar-refractivity contribution in [2.75, 3.05) is 18.1 Å². The van der Waals surface area contributed by atoms with Crippen molar-refractivity contribution >= 4 is 17.4 Å². The smallest absolute Gasteiger partial charge is 0.264 e. The number of benzene rings is 2. The number of hydrogen-bond acceptors (Lipinski definition) is 4. The maximum absolute atomic E-state index is 13.1. The number of amides is 1. The predicted octanol–water partition coefficient (Wildman–Crippen LogP) is 4.02. The van der Waals surface area contributed by atoms with E-state index in [0.29, 0.717) is 30.3 Å². The van der Waals surface area contributed by atoms with Crippen LogP contribution in [0, 0.1) is 13.8 Å². The lowest BCUT2D eigenvalue weighted by atomic mass is 9.89. The van der Waals surface area contributed by atoms with Crippen LogP contribution in [0.15, 0.2) is 36.4 Å². The number of carbonyl (C=O) groups is 2. The first-order valence-corrected chi connectivity index (χ1v) is 10.0. The Balaban J connectivity index is 1.83. The molecule has 0 saturated carbocycles. The number of aryl methyl sites for hydroxylation is 2. The summed E-state index contributed by atoms with van der Waals surface area (Å²) >= 11 is 0. The van der Waals surface area contributed by atoms with Crippen LogP contribution < -0.4 is 9.64 Å². The van der Waals surface area contributed by atoms with Gasteiger partial charge in [-0.05, 0) is 49.9 Å². The Kier molecular flexibility index (Phi) is 5.80. The van der Waals surface area contributed by atoms with Crippen molar-refractivity contribution in [3.05, 3.63) is 58.7 Å². The van der Waals surface area contributed by atoms with Gasteiger partial charge in [0.25, 0.3) is 5.91 Å². The van der Waals surface area contributed by atoms with Gasteiger partial charge in [0.05, 0.1) is 12.2 Å². The Bertz CT molecular complexity index is 950. The van der Waals surface area contributed by atoms with E-state index in [-0.39, 0.29) is 12.2 Å². The van der Waals surface area contributed by atoms with E-state index in [2.05, 4.69) is 26.0 Å². The summed E-state index contributed by atoms with van der Waals surface area (Å²) in [6, 6.07) is 11.6. The van der Waals surface area contributed by atoms with E-state index in [9.17, 15) is 14.7 Å². The van der Waals surface area contributed by atoms with Crippen LogP contribution in [-0.2, 0) is 15.2 Å². The minimum atomic E-state index is -1.81. The Morgan fingerprint density at radius 3 is 2.45 bits per heavy atom. The molecule has 0 bridgehead atoms. The zero-order valence-electron chi connectivity index (χ0n) is 17.8. The number of rotatable bonds is 7. The summed E-state index contributed by atoms with van der Waals surface area (Å²) in [5.74, 6) is 0.441. The third kappa shape index (κ3) is 4.06. The highest BCUT2D eigenvalue weighted by atomic mass is 16.5. The average molecular weight is 395 g/mol. The lowest BCUT2D eigenvalue weighted by molar-refractivity contribution is -0.141. The second-order valence-corrected chi connectivity index (χ2v) is 8.26. The molecule has 2 aromatic carbocycles. The fraction of sp³-hybridized carbons (Fsp3) is 0.417. The number of ketones is 1. The van der Waals surface area contributed by atoms with E-state index in [0.717, 1.165) is 22.4 Å². The average Bonchev–Trinajstić information content (AvgIpc) is 2.82. The van der Waals surface area contributed by atoms with Crippen LogP contribution in [0.1, 0.15) is 55.4 Å². The first kappa shape index (κ1) is 21.1. The molecule has 2 aromatic rings. The molecule has 1 N–H and O–H groups in total. The van der Waals surface area contributed by atoms with Crippen molar-refractivity contribution in [1.29, 1.82) is 0 Å². The van der Waals surface area contributed by atoms with Gasteiger partial charge in [0.2, 0.25) is 0 Å². The molecule has 0 aromatic heterocycles. The van der Waals surface area contributed by atoms with Gasteiger partial charge in [-0.15, -0.1) is 0 Å². The maximum Gasteiger partial charge on any atom is 0.264 e. The van der Waals surface area contributed by atoms with Gasteiger partial charge in [0.1, 0.15) is 18.1 Å². The van der Waals surface area contributed by atoms with Crippen LogP contribution in [0.4, 0.5) is 5.69 Å². The van der Waals surface area contributed by atoms with Crippen molar-refractivity contribution in [3.63, 3.8) is 0 Å². The van der Waals surface area contributed by atoms with E-state index in [1.54, 1.807) is 6.07 Å². The number of anilines is 1. The summed E-state index contributed by atoms with van der Waals surface area (Å²) in [7, 11) is 0. The number of ether oxygens (including phenoxy) is 1. The van der Waals surface area contributed by atoms with Gasteiger partial charge in [-0.2, -0.15) is 0 Å². The fourth-order valence-electron chi connectivity index (χ4n) is 3.91. The van der Waals surface area contributed by atoms with E-state index in [1.165, 1.54) is 11.8 Å². The molecule has 5 nitrogen and oxygen atoms in total. The largest absolute Gasteiger partial charge is 0.491 e. The van der Waals surface area contributed by atoms with Crippen LogP contribution in [0.2, 0.25) is 0 Å². The molecule has 1 atom stereocenters. The number of Topliss-reactive ketones (excluding diaryl/α,β-unsaturated/α-hetero) is 1. The first-order valence-electron chi connectivity index (χ1n) is 10.0. The summed E-state index contributed by atoms with van der Waals surface area (Å²) in [6.07, 6.45) is -0.227. The maximum atomic E-state index is 13.1. The SMILES string of the molecule is CC(=O)CC1(O)C(=O)N(CCOc2cc(C)ccc2C(C)C)c2ccc(C)cc21. The van der Waals surface area contributed by atoms with Crippen molar-refractivity contribution in [2.24, 2.45) is 0 Å². The van der Waals surface area contributed by atoms with Gasteiger partial charge in [-0.3, -0.25) is 9.59 Å². The van der Waals surface area contributed by atoms with Crippen molar-refractivity contribution in [3.8, 4) is 5.75 Å². The third-order valence-electron chi connectivity index (χ3n) is 5.36. The molecule has 29 heavy (non-hydrogen) atoms. The molecule has 1 heterocycles. The second-order valence-electron chi connectivity index (χ2n) is 8.26. The molecule has 3 rings (SSSR count). The van der Waals surface area contributed by atoms with Crippen molar-refractivity contribution < 1.29 is 19.4 Å². The van der Waals surface area contributed by atoms with Crippen LogP contribution in [0.5, 0.6) is 5.75 Å². The molecule has 1 aliphatic heterocycles. The quantitative estimate of drug-likeness (QED) is 0.769. The fourth-order valence-corrected chi connectivity index (χ4v) is 3.91. The molecule has 5 heteroatoms. The first-order chi connectivity index (χ1) is 13.6. The van der Waals surface area contributed by atoms with Gasteiger partial charge < -0.3 is 14.7 Å².